The molecule has 2 aliphatic rings. The van der Waals surface area contributed by atoms with Crippen molar-refractivity contribution in [3.63, 3.8) is 0 Å². The summed E-state index contributed by atoms with van der Waals surface area (Å²) < 4.78 is 0. The lowest BCUT2D eigenvalue weighted by atomic mass is 10.1. The van der Waals surface area contributed by atoms with Crippen LogP contribution in [0.3, 0.4) is 0 Å². The summed E-state index contributed by atoms with van der Waals surface area (Å²) in [7, 11) is 0. The molecule has 3 rings (SSSR count). The molecule has 2 nitrogen and oxygen atoms in total. The van der Waals surface area contributed by atoms with Gasteiger partial charge in [0.15, 0.2) is 0 Å². The number of benzene rings is 1. The van der Waals surface area contributed by atoms with Crippen molar-refractivity contribution in [1.82, 2.24) is 9.80 Å². The zero-order chi connectivity index (χ0) is 12.2. The van der Waals surface area contributed by atoms with Crippen LogP contribution in [-0.4, -0.2) is 36.0 Å². The molecule has 0 saturated carbocycles. The van der Waals surface area contributed by atoms with Crippen LogP contribution in [0.15, 0.2) is 18.2 Å². The van der Waals surface area contributed by atoms with Gasteiger partial charge in [0, 0.05) is 13.1 Å². The minimum Gasteiger partial charge on any atom is -0.301 e. The number of likely N-dealkylation sites (tertiary alicyclic amines) is 2. The first-order valence-electron chi connectivity index (χ1n) is 7.35. The van der Waals surface area contributed by atoms with Crippen LogP contribution in [0.1, 0.15) is 36.8 Å². The third-order valence-electron chi connectivity index (χ3n) is 4.10. The van der Waals surface area contributed by atoms with Crippen molar-refractivity contribution < 1.29 is 0 Å². The second-order valence-corrected chi connectivity index (χ2v) is 5.67. The molecule has 0 unspecified atom stereocenters. The molecule has 2 heterocycles. The Labute approximate surface area is 111 Å². The van der Waals surface area contributed by atoms with Crippen molar-refractivity contribution in [3.8, 4) is 0 Å². The predicted octanol–water partition coefficient (Wildman–Crippen LogP) is 2.68. The smallest absolute Gasteiger partial charge is 0.000741 e. The first-order chi connectivity index (χ1) is 8.90. The number of nitrogens with zero attached hydrogens (tertiary/aromatic N) is 2. The van der Waals surface area contributed by atoms with Gasteiger partial charge in [0.05, 0.1) is 0 Å². The van der Waals surface area contributed by atoms with Crippen LogP contribution in [-0.2, 0) is 13.1 Å². The van der Waals surface area contributed by atoms with E-state index in [1.54, 1.807) is 0 Å². The molecule has 2 aliphatic heterocycles. The number of hydrogen-bond acceptors (Lipinski definition) is 2. The molecule has 0 aliphatic carbocycles. The molecule has 2 fully saturated rings. The van der Waals surface area contributed by atoms with E-state index in [0.717, 1.165) is 13.1 Å². The summed E-state index contributed by atoms with van der Waals surface area (Å²) in [5.41, 5.74) is 2.74. The first-order valence-corrected chi connectivity index (χ1v) is 7.35. The van der Waals surface area contributed by atoms with E-state index in [2.05, 4.69) is 34.1 Å². The summed E-state index contributed by atoms with van der Waals surface area (Å²) in [6.07, 6.45) is 5.47. The topological polar surface area (TPSA) is 6.48 Å². The fourth-order valence-corrected chi connectivity index (χ4v) is 3.12. The molecule has 0 aromatic heterocycles. The first kappa shape index (κ1) is 12.2. The van der Waals surface area contributed by atoms with Crippen molar-refractivity contribution in [2.24, 2.45) is 0 Å². The Hall–Kier alpha value is -0.860. The molecule has 2 saturated heterocycles. The van der Waals surface area contributed by atoms with Crippen LogP contribution in [0.5, 0.6) is 0 Å². The van der Waals surface area contributed by atoms with Gasteiger partial charge >= 0.3 is 0 Å². The Balaban J connectivity index is 1.60. The van der Waals surface area contributed by atoms with Crippen molar-refractivity contribution in [2.75, 3.05) is 26.2 Å². The molecule has 1 aromatic carbocycles. The number of rotatable bonds is 4. The van der Waals surface area contributed by atoms with Crippen molar-refractivity contribution in [3.05, 3.63) is 35.4 Å². The zero-order valence-corrected chi connectivity index (χ0v) is 11.2. The van der Waals surface area contributed by atoms with Gasteiger partial charge in [-0.2, -0.15) is 24.3 Å². The van der Waals surface area contributed by atoms with E-state index >= 15 is 0 Å². The molecular formula is C16H23N2-. The fourth-order valence-electron chi connectivity index (χ4n) is 3.12. The molecule has 98 valence electrons. The maximum absolute atomic E-state index is 3.61. The minimum atomic E-state index is 1.09. The highest BCUT2D eigenvalue weighted by atomic mass is 15.1. The summed E-state index contributed by atoms with van der Waals surface area (Å²) >= 11 is 0. The summed E-state index contributed by atoms with van der Waals surface area (Å²) in [6.45, 7) is 7.25. The fraction of sp³-hybridized carbons (Fsp3) is 0.625. The summed E-state index contributed by atoms with van der Waals surface area (Å²) in [4.78, 5) is 5.09. The molecule has 2 heteroatoms. The molecule has 18 heavy (non-hydrogen) atoms. The van der Waals surface area contributed by atoms with Gasteiger partial charge in [-0.25, -0.2) is 0 Å². The van der Waals surface area contributed by atoms with Crippen molar-refractivity contribution >= 4 is 0 Å². The largest absolute Gasteiger partial charge is 0.301 e. The van der Waals surface area contributed by atoms with Gasteiger partial charge in [-0.1, -0.05) is 0 Å². The molecule has 0 spiro atoms. The number of hydrogen-bond donors (Lipinski definition) is 0. The van der Waals surface area contributed by atoms with E-state index in [-0.39, 0.29) is 0 Å². The van der Waals surface area contributed by atoms with Crippen LogP contribution in [0.2, 0.25) is 0 Å². The molecule has 0 radical (unpaired) electrons. The molecular weight excluding hydrogens is 220 g/mol. The monoisotopic (exact) mass is 243 g/mol. The van der Waals surface area contributed by atoms with Gasteiger partial charge in [0.25, 0.3) is 0 Å². The molecule has 1 aromatic rings. The average Bonchev–Trinajstić information content (AvgIpc) is 3.03. The summed E-state index contributed by atoms with van der Waals surface area (Å²) in [5, 5.41) is 0. The quantitative estimate of drug-likeness (QED) is 0.750. The van der Waals surface area contributed by atoms with Crippen LogP contribution in [0.4, 0.5) is 0 Å². The lowest BCUT2D eigenvalue weighted by Gasteiger charge is -2.22. The lowest BCUT2D eigenvalue weighted by molar-refractivity contribution is 0.325. The highest BCUT2D eigenvalue weighted by molar-refractivity contribution is 5.22. The van der Waals surface area contributed by atoms with E-state index in [1.165, 1.54) is 63.0 Å². The van der Waals surface area contributed by atoms with Gasteiger partial charge in [-0.3, -0.25) is 0 Å². The van der Waals surface area contributed by atoms with E-state index in [4.69, 9.17) is 0 Å². The SMILES string of the molecule is [c-]1c(CN2CCCC2)cccc1CN1CCCC1. The summed E-state index contributed by atoms with van der Waals surface area (Å²) in [5.74, 6) is 0. The highest BCUT2D eigenvalue weighted by Gasteiger charge is 2.11. The molecule has 0 amide bonds. The van der Waals surface area contributed by atoms with Gasteiger partial charge < -0.3 is 9.80 Å². The summed E-state index contributed by atoms with van der Waals surface area (Å²) in [6, 6.07) is 10.3. The minimum absolute atomic E-state index is 1.09. The average molecular weight is 243 g/mol. The second-order valence-electron chi connectivity index (χ2n) is 5.67. The van der Waals surface area contributed by atoms with E-state index in [0.29, 0.717) is 0 Å². The third-order valence-corrected chi connectivity index (χ3v) is 4.10. The Kier molecular flexibility index (Phi) is 3.96. The van der Waals surface area contributed by atoms with Gasteiger partial charge in [-0.05, 0) is 51.9 Å². The van der Waals surface area contributed by atoms with Gasteiger partial charge in [-0.15, -0.1) is 11.1 Å². The zero-order valence-electron chi connectivity index (χ0n) is 11.2. The second kappa shape index (κ2) is 5.85. The van der Waals surface area contributed by atoms with Crippen LogP contribution >= 0.6 is 0 Å². The molecule has 0 bridgehead atoms. The predicted molar refractivity (Wildman–Crippen MR) is 74.3 cm³/mol. The standard InChI is InChI=1S/C16H23N2/c1-2-9-17(8-1)13-15-6-5-7-16(12-15)14-18-10-3-4-11-18/h5-7H,1-4,8-11,13-14H2/q-1. The Morgan fingerprint density at radius 2 is 1.22 bits per heavy atom. The Bertz CT molecular complexity index is 343. The van der Waals surface area contributed by atoms with Gasteiger partial charge in [0.2, 0.25) is 0 Å². The van der Waals surface area contributed by atoms with Crippen LogP contribution in [0, 0.1) is 6.07 Å². The lowest BCUT2D eigenvalue weighted by Crippen LogP contribution is -2.20. The maximum atomic E-state index is 3.61. The maximum Gasteiger partial charge on any atom is 0.000741 e. The molecule has 0 atom stereocenters. The van der Waals surface area contributed by atoms with Crippen LogP contribution < -0.4 is 0 Å². The van der Waals surface area contributed by atoms with Crippen molar-refractivity contribution in [2.45, 2.75) is 38.8 Å². The van der Waals surface area contributed by atoms with E-state index < -0.39 is 0 Å². The Morgan fingerprint density at radius 3 is 1.67 bits per heavy atom. The highest BCUT2D eigenvalue weighted by Crippen LogP contribution is 2.16. The van der Waals surface area contributed by atoms with Crippen LogP contribution in [0.25, 0.3) is 0 Å². The third kappa shape index (κ3) is 3.12. The van der Waals surface area contributed by atoms with Gasteiger partial charge in [0.1, 0.15) is 0 Å². The van der Waals surface area contributed by atoms with E-state index in [1.807, 2.05) is 0 Å². The molecule has 0 N–H and O–H groups in total. The van der Waals surface area contributed by atoms with Crippen molar-refractivity contribution in [1.29, 1.82) is 0 Å². The normalized spacial score (nSPS) is 21.8. The van der Waals surface area contributed by atoms with E-state index in [9.17, 15) is 0 Å². The Morgan fingerprint density at radius 1 is 0.778 bits per heavy atom.